The average molecular weight is 633 g/mol. The summed E-state index contributed by atoms with van der Waals surface area (Å²) in [6.07, 6.45) is -3.56. The minimum Gasteiger partial charge on any atom is -0.465 e. The summed E-state index contributed by atoms with van der Waals surface area (Å²) >= 11 is 0. The van der Waals surface area contributed by atoms with Crippen molar-refractivity contribution in [2.45, 2.75) is 71.0 Å². The van der Waals surface area contributed by atoms with Gasteiger partial charge in [0.15, 0.2) is 0 Å². The number of fused-ring (bicyclic) bond motifs is 2. The van der Waals surface area contributed by atoms with E-state index in [1.165, 1.54) is 9.47 Å². The third kappa shape index (κ3) is 6.08. The highest BCUT2D eigenvalue weighted by Crippen LogP contribution is 2.39. The fourth-order valence-corrected chi connectivity index (χ4v) is 5.73. The third-order valence-corrected chi connectivity index (χ3v) is 8.13. The second-order valence-corrected chi connectivity index (χ2v) is 12.6. The van der Waals surface area contributed by atoms with E-state index in [1.54, 1.807) is 39.2 Å². The van der Waals surface area contributed by atoms with Gasteiger partial charge in [0, 0.05) is 43.0 Å². The number of carbonyl (C=O) groups excluding carboxylic acids is 2. The molecular weight excluding hydrogens is 597 g/mol. The zero-order valence-corrected chi connectivity index (χ0v) is 25.6. The molecule has 45 heavy (non-hydrogen) atoms. The molecule has 2 aliphatic rings. The average Bonchev–Trinajstić information content (AvgIpc) is 3.30. The summed E-state index contributed by atoms with van der Waals surface area (Å²) in [5.74, 6) is -1.48. The Bertz CT molecular complexity index is 1680. The highest BCUT2D eigenvalue weighted by Gasteiger charge is 2.57. The van der Waals surface area contributed by atoms with Crippen LogP contribution in [0, 0.1) is 6.92 Å². The standard InChI is InChI=1S/C31H35F3N4O7/c1-17-14-38(28(42)45-29(2,3)4)25-21(17)12-20(13-35-25)19-10-18-6-7-36(26(39)30(5,43)31(32,33)34)15-23(18)22(11-19)24-16-44-9-8-37(24)27(40)41/h10-14,24,43H,6-9,15-16H2,1-5H3,(H,40,41)/t24-,30+/m0/s1. The maximum atomic E-state index is 13.5. The second-order valence-electron chi connectivity index (χ2n) is 12.6. The molecule has 2 N–H and O–H groups in total. The van der Waals surface area contributed by atoms with E-state index in [4.69, 9.17) is 9.47 Å². The van der Waals surface area contributed by atoms with Gasteiger partial charge >= 0.3 is 18.4 Å². The van der Waals surface area contributed by atoms with Crippen molar-refractivity contribution in [3.63, 3.8) is 0 Å². The van der Waals surface area contributed by atoms with Crippen LogP contribution in [0.5, 0.6) is 0 Å². The van der Waals surface area contributed by atoms with Gasteiger partial charge in [0.25, 0.3) is 5.91 Å². The summed E-state index contributed by atoms with van der Waals surface area (Å²) in [4.78, 5) is 44.6. The molecule has 4 heterocycles. The van der Waals surface area contributed by atoms with Crippen LogP contribution in [0.1, 0.15) is 56.0 Å². The van der Waals surface area contributed by atoms with Crippen LogP contribution in [0.15, 0.2) is 30.6 Å². The minimum atomic E-state index is -5.18. The number of ether oxygens (including phenoxy) is 2. The fourth-order valence-electron chi connectivity index (χ4n) is 5.73. The van der Waals surface area contributed by atoms with E-state index in [-0.39, 0.29) is 39.3 Å². The predicted molar refractivity (Wildman–Crippen MR) is 156 cm³/mol. The molecule has 0 aliphatic carbocycles. The number of aryl methyl sites for hydroxylation is 1. The number of carbonyl (C=O) groups is 3. The summed E-state index contributed by atoms with van der Waals surface area (Å²) in [5, 5.41) is 20.7. The Hall–Kier alpha value is -4.17. The third-order valence-electron chi connectivity index (χ3n) is 8.13. The zero-order valence-electron chi connectivity index (χ0n) is 25.6. The van der Waals surface area contributed by atoms with Crippen molar-refractivity contribution in [3.8, 4) is 11.1 Å². The van der Waals surface area contributed by atoms with Gasteiger partial charge < -0.3 is 24.6 Å². The molecule has 5 rings (SSSR count). The topological polar surface area (TPSA) is 134 Å². The molecule has 11 nitrogen and oxygen atoms in total. The van der Waals surface area contributed by atoms with Crippen LogP contribution in [0.4, 0.5) is 22.8 Å². The number of carboxylic acid groups (broad SMARTS) is 1. The number of hydrogen-bond acceptors (Lipinski definition) is 7. The first-order valence-corrected chi connectivity index (χ1v) is 14.4. The van der Waals surface area contributed by atoms with Crippen molar-refractivity contribution < 1.29 is 47.2 Å². The summed E-state index contributed by atoms with van der Waals surface area (Å²) < 4.78 is 53.0. The van der Waals surface area contributed by atoms with E-state index in [9.17, 15) is 37.8 Å². The summed E-state index contributed by atoms with van der Waals surface area (Å²) in [5.41, 5.74) is -0.0985. The number of benzene rings is 1. The highest BCUT2D eigenvalue weighted by molar-refractivity contribution is 5.92. The number of aromatic nitrogens is 2. The van der Waals surface area contributed by atoms with Crippen LogP contribution in [0.25, 0.3) is 22.2 Å². The van der Waals surface area contributed by atoms with Crippen LogP contribution in [-0.2, 0) is 27.2 Å². The van der Waals surface area contributed by atoms with Crippen molar-refractivity contribution in [1.82, 2.24) is 19.4 Å². The normalized spacial score (nSPS) is 18.8. The minimum absolute atomic E-state index is 0.00549. The van der Waals surface area contributed by atoms with E-state index in [2.05, 4.69) is 4.98 Å². The largest absolute Gasteiger partial charge is 0.465 e. The first-order valence-electron chi connectivity index (χ1n) is 14.4. The summed E-state index contributed by atoms with van der Waals surface area (Å²) in [6.45, 7) is 7.47. The molecule has 2 atom stereocenters. The Balaban J connectivity index is 1.60. The number of hydrogen-bond donors (Lipinski definition) is 2. The van der Waals surface area contributed by atoms with Crippen molar-refractivity contribution in [2.24, 2.45) is 0 Å². The summed E-state index contributed by atoms with van der Waals surface area (Å²) in [7, 11) is 0. The lowest BCUT2D eigenvalue weighted by Crippen LogP contribution is -2.57. The van der Waals surface area contributed by atoms with E-state index in [1.807, 2.05) is 19.1 Å². The highest BCUT2D eigenvalue weighted by atomic mass is 19.4. The van der Waals surface area contributed by atoms with Crippen LogP contribution in [0.2, 0.25) is 0 Å². The molecule has 1 fully saturated rings. The van der Waals surface area contributed by atoms with Gasteiger partial charge in [-0.1, -0.05) is 6.07 Å². The maximum absolute atomic E-state index is 13.5. The van der Waals surface area contributed by atoms with Crippen molar-refractivity contribution in [3.05, 3.63) is 52.8 Å². The van der Waals surface area contributed by atoms with Crippen molar-refractivity contribution >= 4 is 29.1 Å². The number of pyridine rings is 1. The monoisotopic (exact) mass is 632 g/mol. The Morgan fingerprint density at radius 3 is 2.42 bits per heavy atom. The Morgan fingerprint density at radius 2 is 1.78 bits per heavy atom. The Kier molecular flexibility index (Phi) is 8.11. The van der Waals surface area contributed by atoms with Crippen molar-refractivity contribution in [1.29, 1.82) is 0 Å². The lowest BCUT2D eigenvalue weighted by atomic mass is 9.86. The Labute approximate surface area is 257 Å². The molecule has 1 saturated heterocycles. The number of rotatable bonds is 3. The van der Waals surface area contributed by atoms with E-state index < -0.39 is 41.5 Å². The zero-order chi connectivity index (χ0) is 33.1. The predicted octanol–water partition coefficient (Wildman–Crippen LogP) is 5.04. The van der Waals surface area contributed by atoms with Crippen LogP contribution >= 0.6 is 0 Å². The number of alkyl halides is 3. The molecule has 2 aliphatic heterocycles. The summed E-state index contributed by atoms with van der Waals surface area (Å²) in [6, 6.07) is 4.65. The maximum Gasteiger partial charge on any atom is 0.426 e. The molecule has 3 aromatic rings. The van der Waals surface area contributed by atoms with Gasteiger partial charge in [0.2, 0.25) is 5.60 Å². The molecule has 0 unspecified atom stereocenters. The van der Waals surface area contributed by atoms with Gasteiger partial charge in [-0.15, -0.1) is 0 Å². The second kappa shape index (κ2) is 11.3. The SMILES string of the molecule is Cc1cn(C(=O)OC(C)(C)C)c2ncc(-c3cc4c(c([C@@H]5COCCN5C(=O)O)c3)CN(C(=O)[C@@](C)(O)C(F)(F)F)CC4)cc12. The number of halogens is 3. The first kappa shape index (κ1) is 32.2. The molecule has 2 aromatic heterocycles. The molecule has 1 aromatic carbocycles. The molecule has 2 amide bonds. The lowest BCUT2D eigenvalue weighted by molar-refractivity contribution is -0.250. The molecule has 0 bridgehead atoms. The number of nitrogens with zero attached hydrogens (tertiary/aromatic N) is 4. The fraction of sp³-hybridized carbons (Fsp3) is 0.484. The van der Waals surface area contributed by atoms with Gasteiger partial charge in [0.1, 0.15) is 11.2 Å². The van der Waals surface area contributed by atoms with E-state index >= 15 is 0 Å². The molecular formula is C31H35F3N4O7. The van der Waals surface area contributed by atoms with Gasteiger partial charge in [0.05, 0.1) is 19.3 Å². The van der Waals surface area contributed by atoms with Crippen LogP contribution in [0.3, 0.4) is 0 Å². The number of aliphatic hydroxyl groups is 1. The van der Waals surface area contributed by atoms with E-state index in [0.29, 0.717) is 40.2 Å². The number of morpholine rings is 1. The van der Waals surface area contributed by atoms with Gasteiger partial charge in [-0.3, -0.25) is 9.69 Å². The molecule has 242 valence electrons. The lowest BCUT2D eigenvalue weighted by Gasteiger charge is -2.39. The van der Waals surface area contributed by atoms with Gasteiger partial charge in [-0.25, -0.2) is 19.1 Å². The van der Waals surface area contributed by atoms with Crippen molar-refractivity contribution in [2.75, 3.05) is 26.3 Å². The van der Waals surface area contributed by atoms with Crippen LogP contribution in [-0.4, -0.2) is 91.3 Å². The molecule has 0 spiro atoms. The van der Waals surface area contributed by atoms with E-state index in [0.717, 1.165) is 16.0 Å². The quantitative estimate of drug-likeness (QED) is 0.410. The Morgan fingerprint density at radius 1 is 1.07 bits per heavy atom. The molecule has 0 saturated carbocycles. The van der Waals surface area contributed by atoms with Gasteiger partial charge in [-0.2, -0.15) is 13.2 Å². The van der Waals surface area contributed by atoms with Gasteiger partial charge in [-0.05, 0) is 81.0 Å². The first-order chi connectivity index (χ1) is 20.9. The van der Waals surface area contributed by atoms with Crippen LogP contribution < -0.4 is 0 Å². The smallest absolute Gasteiger partial charge is 0.426 e. The number of amides is 2. The molecule has 0 radical (unpaired) electrons. The molecule has 14 heteroatoms.